The number of hydrogen-bond donors (Lipinski definition) is 1. The maximum absolute atomic E-state index is 5.88. The summed E-state index contributed by atoms with van der Waals surface area (Å²) in [6.45, 7) is 7.09. The molecule has 1 aromatic rings. The van der Waals surface area contributed by atoms with Crippen molar-refractivity contribution in [3.63, 3.8) is 0 Å². The van der Waals surface area contributed by atoms with Crippen LogP contribution in [0, 0.1) is 0 Å². The number of rotatable bonds is 6. The molecule has 4 nitrogen and oxygen atoms in total. The summed E-state index contributed by atoms with van der Waals surface area (Å²) in [6.07, 6.45) is 4.53. The number of nitrogens with zero attached hydrogens (tertiary/aromatic N) is 1. The highest BCUT2D eigenvalue weighted by molar-refractivity contribution is 5.07. The Morgan fingerprint density at radius 2 is 1.95 bits per heavy atom. The Balaban J connectivity index is 1.49. The second-order valence-corrected chi connectivity index (χ2v) is 5.70. The Morgan fingerprint density at radius 1 is 1.21 bits per heavy atom. The number of ether oxygens (including phenoxy) is 1. The van der Waals surface area contributed by atoms with Crippen molar-refractivity contribution in [2.75, 3.05) is 19.6 Å². The number of nitrogens with one attached hydrogen (secondary N) is 1. The number of fused-ring (bicyclic) bond motifs is 2. The Hall–Kier alpha value is -0.840. The van der Waals surface area contributed by atoms with E-state index in [2.05, 4.69) is 29.3 Å². The molecule has 4 heteroatoms. The van der Waals surface area contributed by atoms with Gasteiger partial charge in [-0.05, 0) is 37.9 Å². The molecule has 2 fully saturated rings. The van der Waals surface area contributed by atoms with Gasteiger partial charge in [0, 0.05) is 13.1 Å². The summed E-state index contributed by atoms with van der Waals surface area (Å²) in [7, 11) is 0. The molecular formula is C15H24N2O2. The van der Waals surface area contributed by atoms with Gasteiger partial charge in [-0.15, -0.1) is 0 Å². The van der Waals surface area contributed by atoms with E-state index < -0.39 is 0 Å². The average Bonchev–Trinajstić information content (AvgIpc) is 2.97. The van der Waals surface area contributed by atoms with E-state index in [1.54, 1.807) is 0 Å². The van der Waals surface area contributed by atoms with Crippen LogP contribution >= 0.6 is 0 Å². The third-order valence-corrected chi connectivity index (χ3v) is 3.94. The van der Waals surface area contributed by atoms with Gasteiger partial charge < -0.3 is 14.5 Å². The van der Waals surface area contributed by atoms with Crippen molar-refractivity contribution in [3.05, 3.63) is 23.7 Å². The highest BCUT2D eigenvalue weighted by atomic mass is 16.5. The van der Waals surface area contributed by atoms with E-state index >= 15 is 0 Å². The van der Waals surface area contributed by atoms with E-state index in [0.717, 1.165) is 50.7 Å². The fraction of sp³-hybridized carbons (Fsp3) is 0.733. The first kappa shape index (κ1) is 13.2. The van der Waals surface area contributed by atoms with Crippen LogP contribution in [0.15, 0.2) is 16.5 Å². The van der Waals surface area contributed by atoms with Crippen LogP contribution in [0.25, 0.3) is 0 Å². The van der Waals surface area contributed by atoms with Gasteiger partial charge >= 0.3 is 0 Å². The summed E-state index contributed by atoms with van der Waals surface area (Å²) in [6, 6.07) is 4.20. The van der Waals surface area contributed by atoms with Crippen molar-refractivity contribution in [2.24, 2.45) is 0 Å². The molecule has 0 saturated carbocycles. The zero-order valence-corrected chi connectivity index (χ0v) is 11.7. The lowest BCUT2D eigenvalue weighted by atomic mass is 10.2. The summed E-state index contributed by atoms with van der Waals surface area (Å²) in [5.41, 5.74) is 0. The molecule has 0 aromatic carbocycles. The average molecular weight is 264 g/mol. The van der Waals surface area contributed by atoms with E-state index in [1.165, 1.54) is 12.8 Å². The van der Waals surface area contributed by atoms with Gasteiger partial charge in [0.25, 0.3) is 0 Å². The molecule has 106 valence electrons. The molecule has 2 aliphatic heterocycles. The smallest absolute Gasteiger partial charge is 0.118 e. The van der Waals surface area contributed by atoms with Crippen molar-refractivity contribution >= 4 is 0 Å². The number of hydrogen-bond acceptors (Lipinski definition) is 4. The van der Waals surface area contributed by atoms with Crippen LogP contribution in [0.1, 0.15) is 37.7 Å². The molecule has 2 atom stereocenters. The first-order valence-corrected chi connectivity index (χ1v) is 7.49. The van der Waals surface area contributed by atoms with Crippen molar-refractivity contribution in [1.29, 1.82) is 0 Å². The number of likely N-dealkylation sites (tertiary alicyclic amines) is 1. The Morgan fingerprint density at radius 3 is 2.68 bits per heavy atom. The van der Waals surface area contributed by atoms with Crippen LogP contribution in [0.4, 0.5) is 0 Å². The highest BCUT2D eigenvalue weighted by Gasteiger charge is 2.33. The van der Waals surface area contributed by atoms with Gasteiger partial charge in [-0.2, -0.15) is 0 Å². The first-order valence-electron chi connectivity index (χ1n) is 7.49. The lowest BCUT2D eigenvalue weighted by Crippen LogP contribution is -2.41. The quantitative estimate of drug-likeness (QED) is 0.799. The molecule has 2 saturated heterocycles. The van der Waals surface area contributed by atoms with Crippen LogP contribution in [-0.2, 0) is 17.8 Å². The summed E-state index contributed by atoms with van der Waals surface area (Å²) >= 11 is 0. The molecule has 1 aromatic heterocycles. The zero-order chi connectivity index (χ0) is 13.1. The van der Waals surface area contributed by atoms with Crippen molar-refractivity contribution in [2.45, 2.75) is 51.5 Å². The van der Waals surface area contributed by atoms with Gasteiger partial charge in [0.05, 0.1) is 25.3 Å². The van der Waals surface area contributed by atoms with E-state index in [1.807, 2.05) is 0 Å². The minimum atomic E-state index is 0.458. The molecule has 1 N–H and O–H groups in total. The van der Waals surface area contributed by atoms with Crippen molar-refractivity contribution < 1.29 is 9.15 Å². The number of morpholine rings is 1. The van der Waals surface area contributed by atoms with Crippen molar-refractivity contribution in [1.82, 2.24) is 10.2 Å². The SMILES string of the molecule is CCCNCc1ccc(CN2CC3CCC(C2)O3)o1. The molecule has 2 unspecified atom stereocenters. The largest absolute Gasteiger partial charge is 0.463 e. The van der Waals surface area contributed by atoms with Crippen LogP contribution in [0.2, 0.25) is 0 Å². The van der Waals surface area contributed by atoms with E-state index in [4.69, 9.17) is 9.15 Å². The minimum Gasteiger partial charge on any atom is -0.463 e. The molecule has 0 amide bonds. The second-order valence-electron chi connectivity index (χ2n) is 5.70. The predicted octanol–water partition coefficient (Wildman–Crippen LogP) is 2.14. The Bertz CT molecular complexity index is 393. The number of furan rings is 1. The predicted molar refractivity (Wildman–Crippen MR) is 73.9 cm³/mol. The molecule has 3 heterocycles. The normalized spacial score (nSPS) is 27.0. The van der Waals surface area contributed by atoms with E-state index in [0.29, 0.717) is 12.2 Å². The Labute approximate surface area is 115 Å². The van der Waals surface area contributed by atoms with Crippen LogP contribution < -0.4 is 5.32 Å². The molecule has 19 heavy (non-hydrogen) atoms. The molecular weight excluding hydrogens is 240 g/mol. The maximum atomic E-state index is 5.88. The van der Waals surface area contributed by atoms with E-state index in [-0.39, 0.29) is 0 Å². The standard InChI is InChI=1S/C15H24N2O2/c1-2-7-16-8-12-3-4-13(18-12)9-17-10-14-5-6-15(11-17)19-14/h3-4,14-16H,2,5-11H2,1H3. The third-order valence-electron chi connectivity index (χ3n) is 3.94. The van der Waals surface area contributed by atoms with Gasteiger partial charge in [-0.1, -0.05) is 6.92 Å². The topological polar surface area (TPSA) is 37.6 Å². The fourth-order valence-corrected chi connectivity index (χ4v) is 3.04. The molecule has 0 aliphatic carbocycles. The first-order chi connectivity index (χ1) is 9.33. The molecule has 3 rings (SSSR count). The van der Waals surface area contributed by atoms with Crippen LogP contribution in [0.5, 0.6) is 0 Å². The molecule has 0 spiro atoms. The fourth-order valence-electron chi connectivity index (χ4n) is 3.04. The lowest BCUT2D eigenvalue weighted by molar-refractivity contribution is -0.0427. The third kappa shape index (κ3) is 3.38. The van der Waals surface area contributed by atoms with Crippen LogP contribution in [0.3, 0.4) is 0 Å². The summed E-state index contributed by atoms with van der Waals surface area (Å²) in [4.78, 5) is 2.47. The summed E-state index contributed by atoms with van der Waals surface area (Å²) in [5, 5.41) is 3.37. The van der Waals surface area contributed by atoms with Crippen LogP contribution in [-0.4, -0.2) is 36.7 Å². The van der Waals surface area contributed by atoms with Gasteiger partial charge in [0.1, 0.15) is 11.5 Å². The lowest BCUT2D eigenvalue weighted by Gasteiger charge is -2.31. The van der Waals surface area contributed by atoms with Crippen molar-refractivity contribution in [3.8, 4) is 0 Å². The molecule has 0 radical (unpaired) electrons. The Kier molecular flexibility index (Phi) is 4.21. The highest BCUT2D eigenvalue weighted by Crippen LogP contribution is 2.27. The summed E-state index contributed by atoms with van der Waals surface area (Å²) in [5.74, 6) is 2.12. The van der Waals surface area contributed by atoms with Gasteiger partial charge in [0.2, 0.25) is 0 Å². The minimum absolute atomic E-state index is 0.458. The maximum Gasteiger partial charge on any atom is 0.118 e. The second kappa shape index (κ2) is 6.07. The summed E-state index contributed by atoms with van der Waals surface area (Å²) < 4.78 is 11.7. The molecule has 2 bridgehead atoms. The van der Waals surface area contributed by atoms with Gasteiger partial charge in [-0.3, -0.25) is 4.90 Å². The molecule has 2 aliphatic rings. The zero-order valence-electron chi connectivity index (χ0n) is 11.7. The van der Waals surface area contributed by atoms with Gasteiger partial charge in [0.15, 0.2) is 0 Å². The van der Waals surface area contributed by atoms with Gasteiger partial charge in [-0.25, -0.2) is 0 Å². The van der Waals surface area contributed by atoms with E-state index in [9.17, 15) is 0 Å². The monoisotopic (exact) mass is 264 g/mol.